The smallest absolute Gasteiger partial charge is 0.220 e. The molecule has 2 aliphatic heterocycles. The summed E-state index contributed by atoms with van der Waals surface area (Å²) in [5.41, 5.74) is 0. The van der Waals surface area contributed by atoms with Crippen LogP contribution in [0.15, 0.2) is 60.8 Å². The number of rotatable bonds is 67. The van der Waals surface area contributed by atoms with Gasteiger partial charge in [0.1, 0.15) is 48.8 Å². The molecule has 0 radical (unpaired) electrons. The molecule has 0 aromatic carbocycles. The summed E-state index contributed by atoms with van der Waals surface area (Å²) in [7, 11) is 0. The van der Waals surface area contributed by atoms with Crippen molar-refractivity contribution in [2.75, 3.05) is 19.8 Å². The van der Waals surface area contributed by atoms with E-state index in [1.165, 1.54) is 244 Å². The molecule has 12 unspecified atom stereocenters. The second-order valence-corrected chi connectivity index (χ2v) is 28.2. The fourth-order valence-corrected chi connectivity index (χ4v) is 13.2. The van der Waals surface area contributed by atoms with E-state index in [4.69, 9.17) is 18.9 Å². The molecule has 95 heavy (non-hydrogen) atoms. The van der Waals surface area contributed by atoms with E-state index in [-0.39, 0.29) is 12.5 Å². The highest BCUT2D eigenvalue weighted by molar-refractivity contribution is 5.76. The first kappa shape index (κ1) is 88.8. The fraction of sp³-hybridized carbons (Fsp3) is 0.864. The number of allylic oxidation sites excluding steroid dienone is 10. The van der Waals surface area contributed by atoms with Crippen molar-refractivity contribution in [1.29, 1.82) is 0 Å². The van der Waals surface area contributed by atoms with Crippen molar-refractivity contribution in [2.45, 2.75) is 428 Å². The van der Waals surface area contributed by atoms with Crippen LogP contribution >= 0.6 is 0 Å². The van der Waals surface area contributed by atoms with Crippen molar-refractivity contribution in [1.82, 2.24) is 5.32 Å². The predicted octanol–water partition coefficient (Wildman–Crippen LogP) is 18.0. The molecule has 0 bridgehead atoms. The second kappa shape index (κ2) is 65.0. The third-order valence-corrected chi connectivity index (χ3v) is 19.5. The SMILES string of the molecule is CC/C=C\C/C=C\C/C=C\C/C=C\C/C=C\CCCCCCCCCCCCCCCCCCCCCCCC(=O)NC(COC1OC(CO)C(OC2OC(CO)C(O)C(O)C2O)C(O)C1O)C(O)CCCCCCCCCCCCCCCCCCCCCCCCCC. The van der Waals surface area contributed by atoms with Gasteiger partial charge in [-0.2, -0.15) is 0 Å². The topological polar surface area (TPSA) is 228 Å². The summed E-state index contributed by atoms with van der Waals surface area (Å²) in [6, 6.07) is -0.830. The van der Waals surface area contributed by atoms with Crippen molar-refractivity contribution in [3.63, 3.8) is 0 Å². The first-order valence-corrected chi connectivity index (χ1v) is 40.0. The molecule has 2 rings (SSSR count). The number of nitrogens with one attached hydrogen (secondary N) is 1. The average Bonchev–Trinajstić information content (AvgIpc) is 0.927. The number of aliphatic hydroxyl groups excluding tert-OH is 8. The molecular weight excluding hydrogens is 1190 g/mol. The molecule has 14 nitrogen and oxygen atoms in total. The lowest BCUT2D eigenvalue weighted by atomic mass is 9.97. The predicted molar refractivity (Wildman–Crippen MR) is 392 cm³/mol. The summed E-state index contributed by atoms with van der Waals surface area (Å²) in [6.45, 7) is 2.81. The van der Waals surface area contributed by atoms with Gasteiger partial charge in [0, 0.05) is 6.42 Å². The lowest BCUT2D eigenvalue weighted by molar-refractivity contribution is -0.359. The molecule has 0 aliphatic carbocycles. The van der Waals surface area contributed by atoms with Crippen molar-refractivity contribution in [3.8, 4) is 0 Å². The van der Waals surface area contributed by atoms with Gasteiger partial charge in [0.05, 0.1) is 32.0 Å². The van der Waals surface area contributed by atoms with Crippen molar-refractivity contribution in [2.24, 2.45) is 0 Å². The molecule has 0 aromatic heterocycles. The molecule has 2 aliphatic rings. The van der Waals surface area contributed by atoms with Crippen LogP contribution in [0.1, 0.15) is 354 Å². The van der Waals surface area contributed by atoms with E-state index in [2.05, 4.69) is 79.9 Å². The highest BCUT2D eigenvalue weighted by Crippen LogP contribution is 2.30. The van der Waals surface area contributed by atoms with Gasteiger partial charge in [-0.25, -0.2) is 0 Å². The maximum absolute atomic E-state index is 13.4. The summed E-state index contributed by atoms with van der Waals surface area (Å²) in [5.74, 6) is -0.200. The molecule has 0 spiro atoms. The number of carbonyl (C=O) groups excluding carboxylic acids is 1. The van der Waals surface area contributed by atoms with Gasteiger partial charge >= 0.3 is 0 Å². The molecule has 2 heterocycles. The Bertz CT molecular complexity index is 1830. The third-order valence-electron chi connectivity index (χ3n) is 19.5. The Kier molecular flexibility index (Phi) is 60.8. The fourth-order valence-electron chi connectivity index (χ4n) is 13.2. The normalized spacial score (nSPS) is 22.6. The van der Waals surface area contributed by atoms with Crippen molar-refractivity contribution in [3.05, 3.63) is 60.8 Å². The summed E-state index contributed by atoms with van der Waals surface area (Å²) in [5, 5.41) is 87.8. The Morgan fingerprint density at radius 1 is 0.389 bits per heavy atom. The van der Waals surface area contributed by atoms with Crippen molar-refractivity contribution >= 4 is 5.91 Å². The Labute approximate surface area is 581 Å². The summed E-state index contributed by atoms with van der Waals surface area (Å²) in [6.07, 6.45) is 71.2. The number of hydrogen-bond donors (Lipinski definition) is 9. The molecule has 556 valence electrons. The highest BCUT2D eigenvalue weighted by Gasteiger charge is 2.51. The number of amides is 1. The number of hydrogen-bond acceptors (Lipinski definition) is 13. The van der Waals surface area contributed by atoms with Crippen LogP contribution in [0.5, 0.6) is 0 Å². The van der Waals surface area contributed by atoms with Gasteiger partial charge in [0.25, 0.3) is 0 Å². The van der Waals surface area contributed by atoms with Gasteiger partial charge < -0.3 is 65.1 Å². The van der Waals surface area contributed by atoms with E-state index in [0.29, 0.717) is 12.8 Å². The zero-order chi connectivity index (χ0) is 68.7. The lowest BCUT2D eigenvalue weighted by Crippen LogP contribution is -2.65. The first-order chi connectivity index (χ1) is 46.6. The lowest BCUT2D eigenvalue weighted by Gasteiger charge is -2.46. The summed E-state index contributed by atoms with van der Waals surface area (Å²) in [4.78, 5) is 13.4. The molecule has 9 N–H and O–H groups in total. The average molecular weight is 1350 g/mol. The van der Waals surface area contributed by atoms with Crippen LogP contribution in [0, 0.1) is 0 Å². The molecule has 2 fully saturated rings. The first-order valence-electron chi connectivity index (χ1n) is 40.0. The maximum atomic E-state index is 13.4. The second-order valence-electron chi connectivity index (χ2n) is 28.2. The number of ether oxygens (including phenoxy) is 4. The van der Waals surface area contributed by atoms with E-state index >= 15 is 0 Å². The molecular formula is C81H149NO13. The standard InChI is InChI=1S/C81H149NO13/c1-3-5-7-9-11-13-15-17-19-21-23-25-27-29-30-31-32-33-34-35-36-37-38-39-40-41-43-45-47-49-51-53-55-57-59-61-63-65-73(86)82-69(68-92-80-78(91)76(89)79(72(67-84)94-80)95-81-77(90)75(88)74(87)71(66-83)93-81)70(85)64-62-60-58-56-54-52-50-48-46-44-42-28-26-24-22-20-18-16-14-12-10-8-6-4-2/h5,7,11,13,17,19,23,25,29-30,69-72,74-81,83-85,87-91H,3-4,6,8-10,12,14-16,18,20-22,24,26-28,31-68H2,1-2H3,(H,82,86)/b7-5-,13-11-,19-17-,25-23-,30-29-. The van der Waals surface area contributed by atoms with Crippen LogP contribution < -0.4 is 5.32 Å². The monoisotopic (exact) mass is 1340 g/mol. The molecule has 0 aromatic rings. The van der Waals surface area contributed by atoms with Crippen LogP contribution in [0.3, 0.4) is 0 Å². The Hall–Kier alpha value is -2.31. The Balaban J connectivity index is 1.58. The van der Waals surface area contributed by atoms with Crippen molar-refractivity contribution < 1.29 is 64.6 Å². The van der Waals surface area contributed by atoms with Crippen LogP contribution in [0.4, 0.5) is 0 Å². The van der Waals surface area contributed by atoms with Crippen LogP contribution in [-0.4, -0.2) is 140 Å². The minimum Gasteiger partial charge on any atom is -0.394 e. The zero-order valence-electron chi connectivity index (χ0n) is 60.9. The minimum absolute atomic E-state index is 0.200. The molecule has 1 amide bonds. The van der Waals surface area contributed by atoms with E-state index in [1.54, 1.807) is 0 Å². The largest absolute Gasteiger partial charge is 0.394 e. The van der Waals surface area contributed by atoms with Gasteiger partial charge in [-0.1, -0.05) is 351 Å². The summed E-state index contributed by atoms with van der Waals surface area (Å²) >= 11 is 0. The highest BCUT2D eigenvalue weighted by atomic mass is 16.7. The molecule has 14 heteroatoms. The van der Waals surface area contributed by atoms with E-state index in [0.717, 1.165) is 83.5 Å². The molecule has 12 atom stereocenters. The van der Waals surface area contributed by atoms with Crippen LogP contribution in [0.2, 0.25) is 0 Å². The summed E-state index contributed by atoms with van der Waals surface area (Å²) < 4.78 is 23.0. The van der Waals surface area contributed by atoms with Gasteiger partial charge in [-0.3, -0.25) is 4.79 Å². The van der Waals surface area contributed by atoms with Crippen LogP contribution in [0.25, 0.3) is 0 Å². The van der Waals surface area contributed by atoms with Gasteiger partial charge in [-0.15, -0.1) is 0 Å². The minimum atomic E-state index is -1.78. The third kappa shape index (κ3) is 48.2. The number of carbonyl (C=O) groups is 1. The van der Waals surface area contributed by atoms with Gasteiger partial charge in [0.2, 0.25) is 5.91 Å². The van der Waals surface area contributed by atoms with E-state index in [1.807, 2.05) is 0 Å². The molecule has 0 saturated carbocycles. The zero-order valence-corrected chi connectivity index (χ0v) is 60.9. The van der Waals surface area contributed by atoms with E-state index in [9.17, 15) is 45.6 Å². The van der Waals surface area contributed by atoms with Gasteiger partial charge in [0.15, 0.2) is 12.6 Å². The number of unbranched alkanes of at least 4 members (excludes halogenated alkanes) is 44. The quantitative estimate of drug-likeness (QED) is 0.0204. The maximum Gasteiger partial charge on any atom is 0.220 e. The number of aliphatic hydroxyl groups is 8. The van der Waals surface area contributed by atoms with Crippen LogP contribution in [-0.2, 0) is 23.7 Å². The van der Waals surface area contributed by atoms with Gasteiger partial charge in [-0.05, 0) is 57.8 Å². The molecule has 2 saturated heterocycles. The Morgan fingerprint density at radius 2 is 0.726 bits per heavy atom. The Morgan fingerprint density at radius 3 is 1.12 bits per heavy atom. The van der Waals surface area contributed by atoms with E-state index < -0.39 is 86.8 Å².